The van der Waals surface area contributed by atoms with Gasteiger partial charge in [0.15, 0.2) is 0 Å². The second kappa shape index (κ2) is 8.86. The molecule has 9 heteroatoms. The molecule has 2 aromatic carbocycles. The summed E-state index contributed by atoms with van der Waals surface area (Å²) in [4.78, 5) is 34.1. The molecule has 0 aliphatic heterocycles. The van der Waals surface area contributed by atoms with E-state index >= 15 is 0 Å². The van der Waals surface area contributed by atoms with Crippen LogP contribution in [-0.2, 0) is 4.79 Å². The first-order chi connectivity index (χ1) is 12.4. The molecule has 0 atom stereocenters. The first kappa shape index (κ1) is 19.3. The highest BCUT2D eigenvalue weighted by atomic mass is 79.9. The zero-order valence-electron chi connectivity index (χ0n) is 13.7. The molecule has 0 aromatic heterocycles. The summed E-state index contributed by atoms with van der Waals surface area (Å²) in [6.07, 6.45) is 0. The van der Waals surface area contributed by atoms with Crippen molar-refractivity contribution in [1.29, 1.82) is 0 Å². The second-order valence-electron chi connectivity index (χ2n) is 5.20. The number of halogens is 1. The standard InChI is InChI=1S/C17H15BrN4O4/c1-11(12-5-4-6-13(9-12)22(25)26)20-21-16(23)10-19-17(24)14-7-2-3-8-15(14)18/h2-9H,10H2,1H3,(H,19,24)(H,21,23)/b20-11-. The zero-order chi connectivity index (χ0) is 19.1. The molecule has 2 N–H and O–H groups in total. The molecule has 2 aromatic rings. The number of nitrogens with zero attached hydrogens (tertiary/aromatic N) is 2. The summed E-state index contributed by atoms with van der Waals surface area (Å²) in [5.41, 5.74) is 3.56. The summed E-state index contributed by atoms with van der Waals surface area (Å²) >= 11 is 3.26. The Balaban J connectivity index is 1.92. The van der Waals surface area contributed by atoms with Gasteiger partial charge in [0.05, 0.1) is 22.7 Å². The number of carbonyl (C=O) groups is 2. The summed E-state index contributed by atoms with van der Waals surface area (Å²) in [6, 6.07) is 12.8. The number of nitro benzene ring substituents is 1. The van der Waals surface area contributed by atoms with Crippen molar-refractivity contribution in [3.63, 3.8) is 0 Å². The fourth-order valence-electron chi connectivity index (χ4n) is 2.00. The lowest BCUT2D eigenvalue weighted by atomic mass is 10.1. The number of hydrogen-bond donors (Lipinski definition) is 2. The number of benzene rings is 2. The van der Waals surface area contributed by atoms with Crippen LogP contribution in [0.3, 0.4) is 0 Å². The monoisotopic (exact) mass is 418 g/mol. The third-order valence-electron chi connectivity index (χ3n) is 3.35. The minimum Gasteiger partial charge on any atom is -0.343 e. The molecule has 0 fully saturated rings. The van der Waals surface area contributed by atoms with E-state index in [0.29, 0.717) is 21.3 Å². The molecule has 0 spiro atoms. The largest absolute Gasteiger partial charge is 0.343 e. The Hall–Kier alpha value is -3.07. The summed E-state index contributed by atoms with van der Waals surface area (Å²) in [6.45, 7) is 1.35. The van der Waals surface area contributed by atoms with Gasteiger partial charge < -0.3 is 5.32 Å². The second-order valence-corrected chi connectivity index (χ2v) is 6.06. The molecule has 0 aliphatic rings. The van der Waals surface area contributed by atoms with E-state index < -0.39 is 16.7 Å². The van der Waals surface area contributed by atoms with E-state index in [4.69, 9.17) is 0 Å². The maximum Gasteiger partial charge on any atom is 0.270 e. The Morgan fingerprint density at radius 1 is 1.19 bits per heavy atom. The van der Waals surface area contributed by atoms with Crippen LogP contribution in [0, 0.1) is 10.1 Å². The number of carbonyl (C=O) groups excluding carboxylic acids is 2. The highest BCUT2D eigenvalue weighted by molar-refractivity contribution is 9.10. The molecule has 0 heterocycles. The number of amides is 2. The predicted octanol–water partition coefficient (Wildman–Crippen LogP) is 2.63. The van der Waals surface area contributed by atoms with Gasteiger partial charge >= 0.3 is 0 Å². The van der Waals surface area contributed by atoms with E-state index in [0.717, 1.165) is 0 Å². The zero-order valence-corrected chi connectivity index (χ0v) is 15.3. The molecule has 0 unspecified atom stereocenters. The third kappa shape index (κ3) is 5.21. The number of hydrogen-bond acceptors (Lipinski definition) is 5. The lowest BCUT2D eigenvalue weighted by molar-refractivity contribution is -0.384. The van der Waals surface area contributed by atoms with Gasteiger partial charge in [0, 0.05) is 22.2 Å². The SMILES string of the molecule is C/C(=N/NC(=O)CNC(=O)c1ccccc1Br)c1cccc([N+](=O)[O-])c1. The summed E-state index contributed by atoms with van der Waals surface area (Å²) < 4.78 is 0.623. The molecular formula is C17H15BrN4O4. The molecular weight excluding hydrogens is 404 g/mol. The van der Waals surface area contributed by atoms with Crippen molar-refractivity contribution < 1.29 is 14.5 Å². The molecule has 0 saturated carbocycles. The molecule has 0 bridgehead atoms. The Morgan fingerprint density at radius 3 is 2.62 bits per heavy atom. The Labute approximate surface area is 157 Å². The normalized spacial score (nSPS) is 10.9. The van der Waals surface area contributed by atoms with Crippen LogP contribution in [0.2, 0.25) is 0 Å². The lowest BCUT2D eigenvalue weighted by Gasteiger charge is -2.06. The van der Waals surface area contributed by atoms with Crippen molar-refractivity contribution in [3.05, 3.63) is 74.2 Å². The van der Waals surface area contributed by atoms with E-state index in [9.17, 15) is 19.7 Å². The maximum absolute atomic E-state index is 12.0. The van der Waals surface area contributed by atoms with Crippen LogP contribution in [0.25, 0.3) is 0 Å². The van der Waals surface area contributed by atoms with Gasteiger partial charge in [-0.2, -0.15) is 5.10 Å². The Morgan fingerprint density at radius 2 is 1.92 bits per heavy atom. The van der Waals surface area contributed by atoms with Gasteiger partial charge in [-0.25, -0.2) is 5.43 Å². The van der Waals surface area contributed by atoms with Gasteiger partial charge in [-0.15, -0.1) is 0 Å². The minimum atomic E-state index is -0.518. The van der Waals surface area contributed by atoms with Gasteiger partial charge in [-0.3, -0.25) is 19.7 Å². The topological polar surface area (TPSA) is 114 Å². The van der Waals surface area contributed by atoms with Crippen LogP contribution in [0.1, 0.15) is 22.8 Å². The fraction of sp³-hybridized carbons (Fsp3) is 0.118. The van der Waals surface area contributed by atoms with Gasteiger partial charge in [0.1, 0.15) is 0 Å². The molecule has 2 rings (SSSR count). The first-order valence-electron chi connectivity index (χ1n) is 7.49. The van der Waals surface area contributed by atoms with Crippen molar-refractivity contribution in [2.45, 2.75) is 6.92 Å². The highest BCUT2D eigenvalue weighted by Gasteiger charge is 2.11. The van der Waals surface area contributed by atoms with Crippen molar-refractivity contribution in [2.24, 2.45) is 5.10 Å². The molecule has 0 aliphatic carbocycles. The summed E-state index contributed by atoms with van der Waals surface area (Å²) in [5, 5.41) is 17.2. The Kier molecular flexibility index (Phi) is 6.56. The summed E-state index contributed by atoms with van der Waals surface area (Å²) in [7, 11) is 0. The van der Waals surface area contributed by atoms with E-state index in [1.54, 1.807) is 37.3 Å². The number of nitro groups is 1. The van der Waals surface area contributed by atoms with Gasteiger partial charge in [-0.05, 0) is 35.0 Å². The van der Waals surface area contributed by atoms with Crippen LogP contribution in [0.15, 0.2) is 58.1 Å². The number of rotatable bonds is 6. The van der Waals surface area contributed by atoms with Crippen molar-refractivity contribution >= 4 is 39.1 Å². The molecule has 26 heavy (non-hydrogen) atoms. The van der Waals surface area contributed by atoms with Crippen molar-refractivity contribution in [3.8, 4) is 0 Å². The summed E-state index contributed by atoms with van der Waals surface area (Å²) in [5.74, 6) is -0.915. The molecule has 8 nitrogen and oxygen atoms in total. The molecule has 0 saturated heterocycles. The van der Waals surface area contributed by atoms with E-state index in [2.05, 4.69) is 31.8 Å². The van der Waals surface area contributed by atoms with Crippen LogP contribution in [0.5, 0.6) is 0 Å². The lowest BCUT2D eigenvalue weighted by Crippen LogP contribution is -2.35. The average Bonchev–Trinajstić information content (AvgIpc) is 2.64. The van der Waals surface area contributed by atoms with Crippen LogP contribution < -0.4 is 10.7 Å². The Bertz CT molecular complexity index is 883. The fourth-order valence-corrected chi connectivity index (χ4v) is 2.46. The van der Waals surface area contributed by atoms with E-state index in [1.807, 2.05) is 0 Å². The van der Waals surface area contributed by atoms with Crippen molar-refractivity contribution in [2.75, 3.05) is 6.54 Å². The van der Waals surface area contributed by atoms with E-state index in [-0.39, 0.29) is 12.2 Å². The molecule has 0 radical (unpaired) electrons. The van der Waals surface area contributed by atoms with Gasteiger partial charge in [0.2, 0.25) is 0 Å². The average molecular weight is 419 g/mol. The quantitative estimate of drug-likeness (QED) is 0.426. The van der Waals surface area contributed by atoms with E-state index in [1.165, 1.54) is 18.2 Å². The van der Waals surface area contributed by atoms with Crippen LogP contribution in [0.4, 0.5) is 5.69 Å². The minimum absolute atomic E-state index is 0.0657. The molecule has 134 valence electrons. The smallest absolute Gasteiger partial charge is 0.270 e. The number of hydrazone groups is 1. The number of nitrogens with one attached hydrogen (secondary N) is 2. The van der Waals surface area contributed by atoms with Gasteiger partial charge in [-0.1, -0.05) is 24.3 Å². The van der Waals surface area contributed by atoms with Crippen LogP contribution in [-0.4, -0.2) is 29.0 Å². The third-order valence-corrected chi connectivity index (χ3v) is 4.04. The number of non-ortho nitro benzene ring substituents is 1. The maximum atomic E-state index is 12.0. The van der Waals surface area contributed by atoms with Crippen molar-refractivity contribution in [1.82, 2.24) is 10.7 Å². The highest BCUT2D eigenvalue weighted by Crippen LogP contribution is 2.15. The molecule has 2 amide bonds. The van der Waals surface area contributed by atoms with Gasteiger partial charge in [0.25, 0.3) is 17.5 Å². The first-order valence-corrected chi connectivity index (χ1v) is 8.28. The predicted molar refractivity (Wildman–Crippen MR) is 99.9 cm³/mol. The van der Waals surface area contributed by atoms with Crippen LogP contribution >= 0.6 is 15.9 Å².